The normalized spacial score (nSPS) is 10.4. The van der Waals surface area contributed by atoms with E-state index in [1.54, 1.807) is 12.3 Å². The number of hydrogen-bond acceptors (Lipinski definition) is 3. The van der Waals surface area contributed by atoms with Gasteiger partial charge in [-0.15, -0.1) is 11.8 Å². The van der Waals surface area contributed by atoms with E-state index in [9.17, 15) is 9.18 Å². The predicted octanol–water partition coefficient (Wildman–Crippen LogP) is 3.97. The Kier molecular flexibility index (Phi) is 4.55. The summed E-state index contributed by atoms with van der Waals surface area (Å²) in [5.41, 5.74) is 0.401. The predicted molar refractivity (Wildman–Crippen MR) is 74.9 cm³/mol. The highest BCUT2D eigenvalue weighted by molar-refractivity contribution is 9.10. The van der Waals surface area contributed by atoms with Crippen molar-refractivity contribution in [3.63, 3.8) is 0 Å². The molecule has 0 radical (unpaired) electrons. The molecule has 0 bridgehead atoms. The summed E-state index contributed by atoms with van der Waals surface area (Å²) in [5, 5.41) is 9.55. The van der Waals surface area contributed by atoms with Crippen LogP contribution in [0.15, 0.2) is 46.0 Å². The van der Waals surface area contributed by atoms with E-state index in [0.29, 0.717) is 11.3 Å². The SMILES string of the molecule is O=C(O)c1ccc(CSc2ncccc2Br)cc1F. The molecule has 2 aromatic rings. The van der Waals surface area contributed by atoms with E-state index in [2.05, 4.69) is 20.9 Å². The molecular formula is C13H9BrFNO2S. The smallest absolute Gasteiger partial charge is 0.338 e. The zero-order valence-corrected chi connectivity index (χ0v) is 12.0. The Hall–Kier alpha value is -1.40. The molecule has 0 aliphatic heterocycles. The molecule has 98 valence electrons. The van der Waals surface area contributed by atoms with Crippen molar-refractivity contribution >= 4 is 33.7 Å². The molecule has 19 heavy (non-hydrogen) atoms. The fourth-order valence-corrected chi connectivity index (χ4v) is 2.87. The highest BCUT2D eigenvalue weighted by atomic mass is 79.9. The van der Waals surface area contributed by atoms with Crippen LogP contribution in [0.2, 0.25) is 0 Å². The minimum atomic E-state index is -1.26. The number of pyridine rings is 1. The molecule has 1 heterocycles. The van der Waals surface area contributed by atoms with E-state index < -0.39 is 11.8 Å². The van der Waals surface area contributed by atoms with Gasteiger partial charge in [0.25, 0.3) is 0 Å². The summed E-state index contributed by atoms with van der Waals surface area (Å²) in [7, 11) is 0. The summed E-state index contributed by atoms with van der Waals surface area (Å²) in [6.45, 7) is 0. The number of carbonyl (C=O) groups is 1. The van der Waals surface area contributed by atoms with Crippen LogP contribution in [0.3, 0.4) is 0 Å². The van der Waals surface area contributed by atoms with Crippen molar-refractivity contribution in [2.75, 3.05) is 0 Å². The Morgan fingerprint density at radius 3 is 2.84 bits per heavy atom. The van der Waals surface area contributed by atoms with Crippen molar-refractivity contribution < 1.29 is 14.3 Å². The van der Waals surface area contributed by atoms with Gasteiger partial charge < -0.3 is 5.11 Å². The molecule has 1 N–H and O–H groups in total. The number of hydrogen-bond donors (Lipinski definition) is 1. The molecule has 0 saturated heterocycles. The van der Waals surface area contributed by atoms with E-state index in [0.717, 1.165) is 9.50 Å². The van der Waals surface area contributed by atoms with Crippen LogP contribution < -0.4 is 0 Å². The number of halogens is 2. The Labute approximate surface area is 122 Å². The summed E-state index contributed by atoms with van der Waals surface area (Å²) < 4.78 is 14.4. The summed E-state index contributed by atoms with van der Waals surface area (Å²) in [6.07, 6.45) is 1.68. The third kappa shape index (κ3) is 3.54. The second kappa shape index (κ2) is 6.16. The number of rotatable bonds is 4. The fourth-order valence-electron chi connectivity index (χ4n) is 1.45. The zero-order chi connectivity index (χ0) is 13.8. The molecule has 0 unspecified atom stereocenters. The maximum atomic E-state index is 13.5. The number of aromatic nitrogens is 1. The molecule has 1 aromatic heterocycles. The minimum absolute atomic E-state index is 0.312. The Morgan fingerprint density at radius 2 is 2.21 bits per heavy atom. The van der Waals surface area contributed by atoms with Crippen LogP contribution in [0.5, 0.6) is 0 Å². The lowest BCUT2D eigenvalue weighted by atomic mass is 10.1. The maximum Gasteiger partial charge on any atom is 0.338 e. The van der Waals surface area contributed by atoms with Gasteiger partial charge in [0.1, 0.15) is 10.8 Å². The number of carboxylic acid groups (broad SMARTS) is 1. The van der Waals surface area contributed by atoms with E-state index in [1.165, 1.54) is 23.9 Å². The Morgan fingerprint density at radius 1 is 1.42 bits per heavy atom. The van der Waals surface area contributed by atoms with E-state index in [-0.39, 0.29) is 5.56 Å². The van der Waals surface area contributed by atoms with Gasteiger partial charge in [0.2, 0.25) is 0 Å². The first-order valence-corrected chi connectivity index (χ1v) is 7.11. The maximum absolute atomic E-state index is 13.5. The second-order valence-corrected chi connectivity index (χ2v) is 5.52. The molecule has 0 aliphatic carbocycles. The topological polar surface area (TPSA) is 50.2 Å². The minimum Gasteiger partial charge on any atom is -0.478 e. The fraction of sp³-hybridized carbons (Fsp3) is 0.0769. The van der Waals surface area contributed by atoms with Gasteiger partial charge in [0.15, 0.2) is 0 Å². The molecule has 3 nitrogen and oxygen atoms in total. The van der Waals surface area contributed by atoms with Crippen LogP contribution in [-0.4, -0.2) is 16.1 Å². The average molecular weight is 342 g/mol. The Balaban J connectivity index is 2.11. The first-order chi connectivity index (χ1) is 9.08. The molecule has 0 amide bonds. The zero-order valence-electron chi connectivity index (χ0n) is 9.64. The van der Waals surface area contributed by atoms with Gasteiger partial charge in [0, 0.05) is 16.4 Å². The van der Waals surface area contributed by atoms with Crippen molar-refractivity contribution in [3.05, 3.63) is 57.9 Å². The van der Waals surface area contributed by atoms with Gasteiger partial charge >= 0.3 is 5.97 Å². The van der Waals surface area contributed by atoms with Crippen LogP contribution in [0.1, 0.15) is 15.9 Å². The van der Waals surface area contributed by atoms with Crippen molar-refractivity contribution in [2.45, 2.75) is 10.8 Å². The number of carboxylic acids is 1. The van der Waals surface area contributed by atoms with Gasteiger partial charge in [-0.25, -0.2) is 14.2 Å². The summed E-state index contributed by atoms with van der Waals surface area (Å²) >= 11 is 4.83. The molecule has 0 atom stereocenters. The summed E-state index contributed by atoms with van der Waals surface area (Å²) in [6, 6.07) is 7.82. The monoisotopic (exact) mass is 341 g/mol. The van der Waals surface area contributed by atoms with Crippen LogP contribution >= 0.6 is 27.7 Å². The largest absolute Gasteiger partial charge is 0.478 e. The van der Waals surface area contributed by atoms with Crippen LogP contribution in [0, 0.1) is 5.82 Å². The number of benzene rings is 1. The van der Waals surface area contributed by atoms with Crippen molar-refractivity contribution in [3.8, 4) is 0 Å². The van der Waals surface area contributed by atoms with E-state index in [4.69, 9.17) is 5.11 Å². The molecule has 0 saturated carbocycles. The molecule has 1 aromatic carbocycles. The van der Waals surface area contributed by atoms with Crippen LogP contribution in [0.25, 0.3) is 0 Å². The Bertz CT molecular complexity index is 621. The van der Waals surface area contributed by atoms with E-state index in [1.807, 2.05) is 12.1 Å². The third-order valence-corrected chi connectivity index (χ3v) is 4.34. The standard InChI is InChI=1S/C13H9BrFNO2S/c14-10-2-1-5-16-12(10)19-7-8-3-4-9(13(17)18)11(15)6-8/h1-6H,7H2,(H,17,18). The van der Waals surface area contributed by atoms with Gasteiger partial charge in [-0.2, -0.15) is 0 Å². The van der Waals surface area contributed by atoms with Gasteiger partial charge in [-0.3, -0.25) is 0 Å². The molecule has 2 rings (SSSR count). The average Bonchev–Trinajstić information content (AvgIpc) is 2.37. The number of nitrogens with zero attached hydrogens (tertiary/aromatic N) is 1. The number of thioether (sulfide) groups is 1. The molecule has 0 aliphatic rings. The van der Waals surface area contributed by atoms with Crippen molar-refractivity contribution in [1.82, 2.24) is 4.98 Å². The van der Waals surface area contributed by atoms with Crippen molar-refractivity contribution in [2.24, 2.45) is 0 Å². The lowest BCUT2D eigenvalue weighted by Crippen LogP contribution is -2.00. The van der Waals surface area contributed by atoms with Crippen LogP contribution in [0.4, 0.5) is 4.39 Å². The lowest BCUT2D eigenvalue weighted by molar-refractivity contribution is 0.0692. The van der Waals surface area contributed by atoms with Gasteiger partial charge in [-0.1, -0.05) is 6.07 Å². The van der Waals surface area contributed by atoms with Crippen molar-refractivity contribution in [1.29, 1.82) is 0 Å². The van der Waals surface area contributed by atoms with E-state index >= 15 is 0 Å². The second-order valence-electron chi connectivity index (χ2n) is 3.70. The quantitative estimate of drug-likeness (QED) is 0.854. The van der Waals surface area contributed by atoms with Crippen LogP contribution in [-0.2, 0) is 5.75 Å². The first-order valence-electron chi connectivity index (χ1n) is 5.33. The highest BCUT2D eigenvalue weighted by Crippen LogP contribution is 2.28. The summed E-state index contributed by atoms with van der Waals surface area (Å²) in [5.74, 6) is -1.46. The molecule has 0 spiro atoms. The number of aromatic carboxylic acids is 1. The van der Waals surface area contributed by atoms with Gasteiger partial charge in [-0.05, 0) is 45.8 Å². The van der Waals surface area contributed by atoms with Gasteiger partial charge in [0.05, 0.1) is 5.56 Å². The highest BCUT2D eigenvalue weighted by Gasteiger charge is 2.10. The first kappa shape index (κ1) is 14.0. The molecular weight excluding hydrogens is 333 g/mol. The lowest BCUT2D eigenvalue weighted by Gasteiger charge is -2.04. The third-order valence-electron chi connectivity index (χ3n) is 2.36. The molecule has 6 heteroatoms. The molecule has 0 fully saturated rings. The summed E-state index contributed by atoms with van der Waals surface area (Å²) in [4.78, 5) is 14.9.